The number of hydrogen-bond acceptors (Lipinski definition) is 3. The lowest BCUT2D eigenvalue weighted by Crippen LogP contribution is -2.07. The van der Waals surface area contributed by atoms with Crippen molar-refractivity contribution in [3.8, 4) is 0 Å². The molecule has 90 valence electrons. The molecule has 1 aromatic rings. The molecule has 0 N–H and O–H groups in total. The number of aryl methyl sites for hydroxylation is 2. The summed E-state index contributed by atoms with van der Waals surface area (Å²) in [4.78, 5) is 0.242. The average molecular weight is 242 g/mol. The lowest BCUT2D eigenvalue weighted by atomic mass is 10.1. The molecule has 0 saturated carbocycles. The molecule has 1 aromatic carbocycles. The highest BCUT2D eigenvalue weighted by Crippen LogP contribution is 2.17. The molecule has 0 fully saturated rings. The highest BCUT2D eigenvalue weighted by molar-refractivity contribution is 7.86. The van der Waals surface area contributed by atoms with Crippen molar-refractivity contribution in [3.63, 3.8) is 0 Å². The molecule has 0 aliphatic carbocycles. The second-order valence-electron chi connectivity index (χ2n) is 3.88. The first-order chi connectivity index (χ1) is 7.47. The maximum absolute atomic E-state index is 11.7. The van der Waals surface area contributed by atoms with E-state index in [2.05, 4.69) is 0 Å². The molecule has 0 radical (unpaired) electrons. The molecule has 0 aliphatic heterocycles. The summed E-state index contributed by atoms with van der Waals surface area (Å²) in [6.07, 6.45) is 1.67. The minimum Gasteiger partial charge on any atom is -0.266 e. The molecule has 0 amide bonds. The molecule has 4 heteroatoms. The van der Waals surface area contributed by atoms with Crippen LogP contribution in [0.25, 0.3) is 0 Å². The fraction of sp³-hybridized carbons (Fsp3) is 0.500. The summed E-state index contributed by atoms with van der Waals surface area (Å²) in [5, 5.41) is 0. The van der Waals surface area contributed by atoms with Gasteiger partial charge in [0.15, 0.2) is 0 Å². The largest absolute Gasteiger partial charge is 0.296 e. The average Bonchev–Trinajstić information content (AvgIpc) is 2.22. The third-order valence-electron chi connectivity index (χ3n) is 2.50. The van der Waals surface area contributed by atoms with Crippen molar-refractivity contribution in [2.45, 2.75) is 38.5 Å². The van der Waals surface area contributed by atoms with E-state index < -0.39 is 10.1 Å². The minimum atomic E-state index is -3.57. The third kappa shape index (κ3) is 3.32. The Morgan fingerprint density at radius 3 is 2.44 bits per heavy atom. The second kappa shape index (κ2) is 5.46. The van der Waals surface area contributed by atoms with Gasteiger partial charge in [0.25, 0.3) is 10.1 Å². The molecule has 0 aliphatic rings. The van der Waals surface area contributed by atoms with Gasteiger partial charge in [0, 0.05) is 0 Å². The molecular weight excluding hydrogens is 224 g/mol. The van der Waals surface area contributed by atoms with Gasteiger partial charge in [0.1, 0.15) is 0 Å². The van der Waals surface area contributed by atoms with Gasteiger partial charge in [-0.15, -0.1) is 0 Å². The minimum absolute atomic E-state index is 0.242. The van der Waals surface area contributed by atoms with Crippen molar-refractivity contribution in [2.24, 2.45) is 0 Å². The van der Waals surface area contributed by atoms with E-state index in [1.807, 2.05) is 20.8 Å². The number of hydrogen-bond donors (Lipinski definition) is 0. The van der Waals surface area contributed by atoms with Crippen LogP contribution in [-0.2, 0) is 14.3 Å². The molecule has 3 nitrogen and oxygen atoms in total. The first-order valence-electron chi connectivity index (χ1n) is 5.44. The van der Waals surface area contributed by atoms with Gasteiger partial charge in [-0.3, -0.25) is 4.18 Å². The van der Waals surface area contributed by atoms with Crippen LogP contribution in [0, 0.1) is 13.8 Å². The Morgan fingerprint density at radius 1 is 1.19 bits per heavy atom. The monoisotopic (exact) mass is 242 g/mol. The van der Waals surface area contributed by atoms with Crippen LogP contribution in [0.4, 0.5) is 0 Å². The molecule has 0 aromatic heterocycles. The van der Waals surface area contributed by atoms with Gasteiger partial charge in [-0.05, 0) is 43.5 Å². The van der Waals surface area contributed by atoms with E-state index in [1.54, 1.807) is 18.2 Å². The lowest BCUT2D eigenvalue weighted by molar-refractivity contribution is 0.311. The van der Waals surface area contributed by atoms with E-state index in [0.717, 1.165) is 24.0 Å². The summed E-state index contributed by atoms with van der Waals surface area (Å²) in [6.45, 7) is 6.09. The van der Waals surface area contributed by atoms with Gasteiger partial charge in [-0.25, -0.2) is 0 Å². The predicted octanol–water partition coefficient (Wildman–Crippen LogP) is 2.81. The van der Waals surface area contributed by atoms with Crippen LogP contribution in [-0.4, -0.2) is 15.0 Å². The third-order valence-corrected chi connectivity index (χ3v) is 3.81. The van der Waals surface area contributed by atoms with Crippen LogP contribution < -0.4 is 0 Å². The van der Waals surface area contributed by atoms with Gasteiger partial charge < -0.3 is 0 Å². The zero-order valence-electron chi connectivity index (χ0n) is 9.99. The SMILES string of the molecule is CCCCOS(=O)(=O)c1ccc(C)c(C)c1. The fourth-order valence-corrected chi connectivity index (χ4v) is 2.28. The molecular formula is C12H18O3S. The Balaban J connectivity index is 2.86. The van der Waals surface area contributed by atoms with Gasteiger partial charge in [-0.1, -0.05) is 19.4 Å². The summed E-state index contributed by atoms with van der Waals surface area (Å²) >= 11 is 0. The summed E-state index contributed by atoms with van der Waals surface area (Å²) in [7, 11) is -3.57. The Kier molecular flexibility index (Phi) is 4.50. The van der Waals surface area contributed by atoms with Crippen molar-refractivity contribution in [2.75, 3.05) is 6.61 Å². The van der Waals surface area contributed by atoms with Crippen molar-refractivity contribution >= 4 is 10.1 Å². The zero-order chi connectivity index (χ0) is 12.2. The topological polar surface area (TPSA) is 43.4 Å². The molecule has 0 heterocycles. The summed E-state index contributed by atoms with van der Waals surface area (Å²) < 4.78 is 28.4. The molecule has 0 saturated heterocycles. The summed E-state index contributed by atoms with van der Waals surface area (Å²) in [5.41, 5.74) is 2.03. The molecule has 16 heavy (non-hydrogen) atoms. The molecule has 0 atom stereocenters. The quantitative estimate of drug-likeness (QED) is 0.589. The van der Waals surface area contributed by atoms with E-state index >= 15 is 0 Å². The van der Waals surface area contributed by atoms with Crippen LogP contribution in [0.2, 0.25) is 0 Å². The molecule has 0 bridgehead atoms. The lowest BCUT2D eigenvalue weighted by Gasteiger charge is -2.07. The molecule has 1 rings (SSSR count). The highest BCUT2D eigenvalue weighted by Gasteiger charge is 2.15. The Hall–Kier alpha value is -0.870. The summed E-state index contributed by atoms with van der Waals surface area (Å²) in [6, 6.07) is 5.03. The van der Waals surface area contributed by atoms with Crippen molar-refractivity contribution in [3.05, 3.63) is 29.3 Å². The van der Waals surface area contributed by atoms with Crippen LogP contribution in [0.15, 0.2) is 23.1 Å². The fourth-order valence-electron chi connectivity index (χ4n) is 1.25. The van der Waals surface area contributed by atoms with Gasteiger partial charge >= 0.3 is 0 Å². The van der Waals surface area contributed by atoms with Gasteiger partial charge in [-0.2, -0.15) is 8.42 Å². The smallest absolute Gasteiger partial charge is 0.266 e. The Bertz CT molecular complexity index is 449. The molecule has 0 unspecified atom stereocenters. The van der Waals surface area contributed by atoms with Gasteiger partial charge in [0.2, 0.25) is 0 Å². The van der Waals surface area contributed by atoms with Crippen LogP contribution >= 0.6 is 0 Å². The van der Waals surface area contributed by atoms with E-state index in [4.69, 9.17) is 4.18 Å². The Morgan fingerprint density at radius 2 is 1.88 bits per heavy atom. The maximum Gasteiger partial charge on any atom is 0.296 e. The number of rotatable bonds is 5. The van der Waals surface area contributed by atoms with Crippen molar-refractivity contribution in [1.82, 2.24) is 0 Å². The van der Waals surface area contributed by atoms with Gasteiger partial charge in [0.05, 0.1) is 11.5 Å². The predicted molar refractivity (Wildman–Crippen MR) is 64.0 cm³/mol. The Labute approximate surface area is 97.6 Å². The van der Waals surface area contributed by atoms with E-state index in [0.29, 0.717) is 0 Å². The van der Waals surface area contributed by atoms with E-state index in [1.165, 1.54) is 0 Å². The van der Waals surface area contributed by atoms with Crippen LogP contribution in [0.5, 0.6) is 0 Å². The van der Waals surface area contributed by atoms with Crippen molar-refractivity contribution < 1.29 is 12.6 Å². The normalized spacial score (nSPS) is 11.7. The zero-order valence-corrected chi connectivity index (χ0v) is 10.8. The van der Waals surface area contributed by atoms with E-state index in [-0.39, 0.29) is 11.5 Å². The number of unbranched alkanes of at least 4 members (excludes halogenated alkanes) is 1. The number of benzene rings is 1. The second-order valence-corrected chi connectivity index (χ2v) is 5.49. The first-order valence-corrected chi connectivity index (χ1v) is 6.85. The van der Waals surface area contributed by atoms with Crippen molar-refractivity contribution in [1.29, 1.82) is 0 Å². The van der Waals surface area contributed by atoms with Crippen LogP contribution in [0.1, 0.15) is 30.9 Å². The van der Waals surface area contributed by atoms with Crippen LogP contribution in [0.3, 0.4) is 0 Å². The first kappa shape index (κ1) is 13.2. The molecule has 0 spiro atoms. The van der Waals surface area contributed by atoms with E-state index in [9.17, 15) is 8.42 Å². The highest BCUT2D eigenvalue weighted by atomic mass is 32.2. The maximum atomic E-state index is 11.7. The standard InChI is InChI=1S/C12H18O3S/c1-4-5-8-15-16(13,14)12-7-6-10(2)11(3)9-12/h6-7,9H,4-5,8H2,1-3H3. The summed E-state index contributed by atoms with van der Waals surface area (Å²) in [5.74, 6) is 0.